The second kappa shape index (κ2) is 8.34. The summed E-state index contributed by atoms with van der Waals surface area (Å²) in [7, 11) is 1.90. The lowest BCUT2D eigenvalue weighted by atomic mass is 10.1. The zero-order valence-electron chi connectivity index (χ0n) is 14.8. The average Bonchev–Trinajstić information content (AvgIpc) is 2.86. The molecule has 1 aliphatic heterocycles. The molecule has 130 valence electrons. The monoisotopic (exact) mass is 322 g/mol. The Bertz CT molecular complexity index is 509. The third-order valence-electron chi connectivity index (χ3n) is 4.34. The van der Waals surface area contributed by atoms with Gasteiger partial charge >= 0.3 is 6.03 Å². The van der Waals surface area contributed by atoms with E-state index in [0.29, 0.717) is 6.54 Å². The molecule has 2 rings (SSSR count). The van der Waals surface area contributed by atoms with Gasteiger partial charge in [-0.1, -0.05) is 6.92 Å². The van der Waals surface area contributed by atoms with Crippen LogP contribution < -0.4 is 5.32 Å². The Morgan fingerprint density at radius 3 is 2.91 bits per heavy atom. The molecule has 2 unspecified atom stereocenters. The molecule has 23 heavy (non-hydrogen) atoms. The van der Waals surface area contributed by atoms with Crippen LogP contribution in [-0.4, -0.2) is 46.5 Å². The summed E-state index contributed by atoms with van der Waals surface area (Å²) < 4.78 is 7.57. The molecule has 6 heteroatoms. The molecule has 0 aliphatic carbocycles. The van der Waals surface area contributed by atoms with Gasteiger partial charge in [-0.2, -0.15) is 5.10 Å². The Morgan fingerprint density at radius 2 is 2.35 bits per heavy atom. The van der Waals surface area contributed by atoms with Gasteiger partial charge in [0.1, 0.15) is 0 Å². The highest BCUT2D eigenvalue weighted by Crippen LogP contribution is 2.17. The second-order valence-electron chi connectivity index (χ2n) is 6.45. The van der Waals surface area contributed by atoms with Crippen molar-refractivity contribution in [2.75, 3.05) is 19.7 Å². The van der Waals surface area contributed by atoms with E-state index in [1.807, 2.05) is 32.0 Å². The first-order valence-electron chi connectivity index (χ1n) is 8.68. The normalized spacial score (nSPS) is 19.4. The molecular formula is C17H30N4O2. The smallest absolute Gasteiger partial charge is 0.317 e. The summed E-state index contributed by atoms with van der Waals surface area (Å²) in [5.74, 6) is 0. The molecule has 1 saturated heterocycles. The first kappa shape index (κ1) is 17.8. The summed E-state index contributed by atoms with van der Waals surface area (Å²) in [6.45, 7) is 8.32. The maximum atomic E-state index is 12.6. The van der Waals surface area contributed by atoms with Crippen molar-refractivity contribution in [2.24, 2.45) is 7.05 Å². The molecule has 0 radical (unpaired) electrons. The van der Waals surface area contributed by atoms with Gasteiger partial charge in [0.2, 0.25) is 0 Å². The molecule has 0 bridgehead atoms. The number of amides is 2. The van der Waals surface area contributed by atoms with E-state index in [1.165, 1.54) is 6.42 Å². The highest BCUT2D eigenvalue weighted by Gasteiger charge is 2.23. The molecule has 1 aromatic heterocycles. The third kappa shape index (κ3) is 4.96. The fourth-order valence-corrected chi connectivity index (χ4v) is 3.14. The molecule has 1 N–H and O–H groups in total. The summed E-state index contributed by atoms with van der Waals surface area (Å²) in [6.07, 6.45) is 6.46. The highest BCUT2D eigenvalue weighted by atomic mass is 16.5. The molecule has 2 heterocycles. The minimum Gasteiger partial charge on any atom is -0.376 e. The fraction of sp³-hybridized carbons (Fsp3) is 0.765. The number of aryl methyl sites for hydroxylation is 2. The lowest BCUT2D eigenvalue weighted by Crippen LogP contribution is -2.46. The molecule has 6 nitrogen and oxygen atoms in total. The molecule has 1 aliphatic rings. The van der Waals surface area contributed by atoms with Crippen molar-refractivity contribution in [2.45, 2.75) is 58.6 Å². The Hall–Kier alpha value is -1.56. The van der Waals surface area contributed by atoms with E-state index in [2.05, 4.69) is 17.3 Å². The predicted molar refractivity (Wildman–Crippen MR) is 90.3 cm³/mol. The van der Waals surface area contributed by atoms with Crippen LogP contribution in [0.25, 0.3) is 0 Å². The van der Waals surface area contributed by atoms with Crippen LogP contribution in [0.2, 0.25) is 0 Å². The van der Waals surface area contributed by atoms with E-state index in [9.17, 15) is 4.79 Å². The molecule has 1 fully saturated rings. The van der Waals surface area contributed by atoms with Gasteiger partial charge in [-0.25, -0.2) is 4.79 Å². The van der Waals surface area contributed by atoms with Gasteiger partial charge in [0, 0.05) is 38.5 Å². The van der Waals surface area contributed by atoms with E-state index in [4.69, 9.17) is 4.74 Å². The van der Waals surface area contributed by atoms with E-state index >= 15 is 0 Å². The maximum absolute atomic E-state index is 12.6. The first-order valence-corrected chi connectivity index (χ1v) is 8.68. The number of ether oxygens (including phenoxy) is 1. The Labute approximate surface area is 139 Å². The van der Waals surface area contributed by atoms with Gasteiger partial charge in [0.25, 0.3) is 0 Å². The lowest BCUT2D eigenvalue weighted by molar-refractivity contribution is 0.000565. The van der Waals surface area contributed by atoms with Gasteiger partial charge in [-0.15, -0.1) is 0 Å². The molecule has 1 aromatic rings. The van der Waals surface area contributed by atoms with Crippen molar-refractivity contribution in [3.63, 3.8) is 0 Å². The SMILES string of the molecule is CCCN(CC1CCCCO1)C(=O)NC(C)c1cn(C)nc1C. The summed E-state index contributed by atoms with van der Waals surface area (Å²) in [5.41, 5.74) is 2.02. The van der Waals surface area contributed by atoms with E-state index in [1.54, 1.807) is 4.68 Å². The molecule has 0 saturated carbocycles. The van der Waals surface area contributed by atoms with Crippen molar-refractivity contribution in [1.29, 1.82) is 0 Å². The van der Waals surface area contributed by atoms with Crippen LogP contribution >= 0.6 is 0 Å². The Balaban J connectivity index is 1.95. The van der Waals surface area contributed by atoms with Crippen LogP contribution in [0.1, 0.15) is 56.8 Å². The van der Waals surface area contributed by atoms with E-state index in [-0.39, 0.29) is 18.2 Å². The minimum absolute atomic E-state index is 0.0169. The number of aromatic nitrogens is 2. The minimum atomic E-state index is -0.0529. The summed E-state index contributed by atoms with van der Waals surface area (Å²) >= 11 is 0. The van der Waals surface area contributed by atoms with Crippen LogP contribution in [0.4, 0.5) is 4.79 Å². The summed E-state index contributed by atoms with van der Waals surface area (Å²) in [5, 5.41) is 7.45. The predicted octanol–water partition coefficient (Wildman–Crippen LogP) is 2.78. The number of nitrogens with zero attached hydrogens (tertiary/aromatic N) is 3. The van der Waals surface area contributed by atoms with Crippen molar-refractivity contribution in [1.82, 2.24) is 20.0 Å². The van der Waals surface area contributed by atoms with Crippen LogP contribution in [-0.2, 0) is 11.8 Å². The van der Waals surface area contributed by atoms with Crippen molar-refractivity contribution < 1.29 is 9.53 Å². The molecule has 2 atom stereocenters. The number of carbonyl (C=O) groups excluding carboxylic acids is 1. The fourth-order valence-electron chi connectivity index (χ4n) is 3.14. The first-order chi connectivity index (χ1) is 11.0. The average molecular weight is 322 g/mol. The zero-order chi connectivity index (χ0) is 16.8. The van der Waals surface area contributed by atoms with Crippen molar-refractivity contribution in [3.8, 4) is 0 Å². The van der Waals surface area contributed by atoms with Gasteiger partial charge in [-0.3, -0.25) is 4.68 Å². The maximum Gasteiger partial charge on any atom is 0.317 e. The highest BCUT2D eigenvalue weighted by molar-refractivity contribution is 5.74. The van der Waals surface area contributed by atoms with Crippen LogP contribution in [0.5, 0.6) is 0 Å². The largest absolute Gasteiger partial charge is 0.376 e. The van der Waals surface area contributed by atoms with Gasteiger partial charge in [-0.05, 0) is 39.5 Å². The van der Waals surface area contributed by atoms with Gasteiger partial charge in [0.05, 0.1) is 17.8 Å². The number of hydrogen-bond donors (Lipinski definition) is 1. The van der Waals surface area contributed by atoms with Crippen LogP contribution in [0.15, 0.2) is 6.20 Å². The van der Waals surface area contributed by atoms with E-state index < -0.39 is 0 Å². The standard InChI is InChI=1S/C17H30N4O2/c1-5-9-21(11-15-8-6-7-10-23-15)17(22)18-13(2)16-12-20(4)19-14(16)3/h12-13,15H,5-11H2,1-4H3,(H,18,22). The van der Waals surface area contributed by atoms with Gasteiger partial charge < -0.3 is 15.0 Å². The van der Waals surface area contributed by atoms with Crippen molar-refractivity contribution in [3.05, 3.63) is 17.5 Å². The number of urea groups is 1. The third-order valence-corrected chi connectivity index (χ3v) is 4.34. The molecule has 0 aromatic carbocycles. The number of nitrogens with one attached hydrogen (secondary N) is 1. The summed E-state index contributed by atoms with van der Waals surface area (Å²) in [6, 6.07) is -0.0698. The molecule has 2 amide bonds. The zero-order valence-corrected chi connectivity index (χ0v) is 14.8. The number of hydrogen-bond acceptors (Lipinski definition) is 3. The Kier molecular flexibility index (Phi) is 6.45. The molecule has 0 spiro atoms. The second-order valence-corrected chi connectivity index (χ2v) is 6.45. The van der Waals surface area contributed by atoms with Gasteiger partial charge in [0.15, 0.2) is 0 Å². The van der Waals surface area contributed by atoms with Crippen LogP contribution in [0.3, 0.4) is 0 Å². The number of carbonyl (C=O) groups is 1. The van der Waals surface area contributed by atoms with Crippen molar-refractivity contribution >= 4 is 6.03 Å². The molecular weight excluding hydrogens is 292 g/mol. The Morgan fingerprint density at radius 1 is 1.57 bits per heavy atom. The topological polar surface area (TPSA) is 59.4 Å². The van der Waals surface area contributed by atoms with E-state index in [0.717, 1.165) is 43.7 Å². The lowest BCUT2D eigenvalue weighted by Gasteiger charge is -2.30. The van der Waals surface area contributed by atoms with Crippen LogP contribution in [0, 0.1) is 6.92 Å². The quantitative estimate of drug-likeness (QED) is 0.876. The summed E-state index contributed by atoms with van der Waals surface area (Å²) in [4.78, 5) is 14.5. The number of rotatable bonds is 6.